The summed E-state index contributed by atoms with van der Waals surface area (Å²) in [7, 11) is 0. The zero-order valence-electron chi connectivity index (χ0n) is 8.71. The molecule has 0 saturated carbocycles. The third-order valence-corrected chi connectivity index (χ3v) is 2.51. The van der Waals surface area contributed by atoms with Crippen molar-refractivity contribution in [1.82, 2.24) is 4.90 Å². The van der Waals surface area contributed by atoms with Gasteiger partial charge in [-0.15, -0.1) is 0 Å². The molecule has 1 fully saturated rings. The fraction of sp³-hybridized carbons (Fsp3) is 0.500. The fourth-order valence-electron chi connectivity index (χ4n) is 1.50. The van der Waals surface area contributed by atoms with Crippen molar-refractivity contribution in [2.75, 3.05) is 13.1 Å². The van der Waals surface area contributed by atoms with E-state index in [2.05, 4.69) is 37.5 Å². The van der Waals surface area contributed by atoms with Gasteiger partial charge in [0.25, 0.3) is 0 Å². The lowest BCUT2D eigenvalue weighted by molar-refractivity contribution is 0.428. The van der Waals surface area contributed by atoms with Gasteiger partial charge < -0.3 is 4.90 Å². The molecule has 1 heterocycles. The molecule has 13 heavy (non-hydrogen) atoms. The van der Waals surface area contributed by atoms with Crippen LogP contribution in [-0.4, -0.2) is 18.0 Å². The number of allylic oxidation sites excluding steroid dienone is 5. The third kappa shape index (κ3) is 3.10. The molecule has 0 aromatic carbocycles. The maximum Gasteiger partial charge on any atom is 0.0175 e. The molecule has 0 N–H and O–H groups in total. The van der Waals surface area contributed by atoms with Crippen molar-refractivity contribution >= 4 is 0 Å². The molecular formula is C12H19N. The van der Waals surface area contributed by atoms with Gasteiger partial charge in [-0.1, -0.05) is 24.3 Å². The summed E-state index contributed by atoms with van der Waals surface area (Å²) in [5.41, 5.74) is 2.59. The smallest absolute Gasteiger partial charge is 0.0175 e. The molecule has 1 saturated heterocycles. The number of likely N-dealkylation sites (tertiary alicyclic amines) is 1. The third-order valence-electron chi connectivity index (χ3n) is 2.51. The van der Waals surface area contributed by atoms with E-state index >= 15 is 0 Å². The average Bonchev–Trinajstić information content (AvgIpc) is 2.66. The maximum atomic E-state index is 3.72. The molecule has 0 spiro atoms. The summed E-state index contributed by atoms with van der Waals surface area (Å²) >= 11 is 0. The van der Waals surface area contributed by atoms with Crippen LogP contribution in [0.15, 0.2) is 36.1 Å². The van der Waals surface area contributed by atoms with E-state index in [0.29, 0.717) is 0 Å². The van der Waals surface area contributed by atoms with E-state index in [1.165, 1.54) is 37.2 Å². The molecule has 0 aromatic rings. The maximum absolute atomic E-state index is 3.72. The van der Waals surface area contributed by atoms with Crippen LogP contribution in [-0.2, 0) is 0 Å². The Morgan fingerprint density at radius 2 is 1.77 bits per heavy atom. The second-order valence-corrected chi connectivity index (χ2v) is 3.62. The summed E-state index contributed by atoms with van der Waals surface area (Å²) in [6.45, 7) is 10.4. The highest BCUT2D eigenvalue weighted by molar-refractivity contribution is 5.21. The van der Waals surface area contributed by atoms with Crippen LogP contribution in [0.1, 0.15) is 26.7 Å². The molecule has 1 aliphatic heterocycles. The lowest BCUT2D eigenvalue weighted by Crippen LogP contribution is -2.16. The molecule has 0 aromatic heterocycles. The average molecular weight is 177 g/mol. The molecule has 1 aliphatic rings. The van der Waals surface area contributed by atoms with Crippen LogP contribution in [0.25, 0.3) is 0 Å². The van der Waals surface area contributed by atoms with Crippen LogP contribution < -0.4 is 0 Å². The Hall–Kier alpha value is -0.980. The van der Waals surface area contributed by atoms with Gasteiger partial charge in [-0.25, -0.2) is 0 Å². The van der Waals surface area contributed by atoms with Gasteiger partial charge in [0.15, 0.2) is 0 Å². The molecule has 0 radical (unpaired) electrons. The quantitative estimate of drug-likeness (QED) is 0.599. The van der Waals surface area contributed by atoms with Crippen molar-refractivity contribution in [2.45, 2.75) is 26.7 Å². The van der Waals surface area contributed by atoms with Crippen molar-refractivity contribution in [1.29, 1.82) is 0 Å². The van der Waals surface area contributed by atoms with E-state index in [-0.39, 0.29) is 0 Å². The zero-order valence-corrected chi connectivity index (χ0v) is 8.71. The van der Waals surface area contributed by atoms with Gasteiger partial charge in [0.05, 0.1) is 0 Å². The van der Waals surface area contributed by atoms with Crippen molar-refractivity contribution in [3.05, 3.63) is 36.1 Å². The lowest BCUT2D eigenvalue weighted by atomic mass is 10.2. The molecule has 72 valence electrons. The van der Waals surface area contributed by atoms with Crippen molar-refractivity contribution in [3.63, 3.8) is 0 Å². The largest absolute Gasteiger partial charge is 0.375 e. The van der Waals surface area contributed by atoms with Crippen LogP contribution in [0.2, 0.25) is 0 Å². The Bertz CT molecular complexity index is 230. The first-order valence-corrected chi connectivity index (χ1v) is 4.96. The van der Waals surface area contributed by atoms with Gasteiger partial charge in [0.1, 0.15) is 0 Å². The number of rotatable bonds is 3. The Kier molecular flexibility index (Phi) is 3.81. The Labute approximate surface area is 81.4 Å². The molecule has 1 nitrogen and oxygen atoms in total. The first kappa shape index (κ1) is 10.1. The van der Waals surface area contributed by atoms with Crippen LogP contribution in [0.3, 0.4) is 0 Å². The monoisotopic (exact) mass is 177 g/mol. The summed E-state index contributed by atoms with van der Waals surface area (Å²) in [6.07, 6.45) is 8.88. The summed E-state index contributed by atoms with van der Waals surface area (Å²) in [5, 5.41) is 0. The Balaban J connectivity index is 2.54. The second-order valence-electron chi connectivity index (χ2n) is 3.62. The van der Waals surface area contributed by atoms with Gasteiger partial charge in [0.2, 0.25) is 0 Å². The number of hydrogen-bond donors (Lipinski definition) is 0. The minimum atomic E-state index is 1.22. The van der Waals surface area contributed by atoms with Crippen LogP contribution in [0.5, 0.6) is 0 Å². The highest BCUT2D eigenvalue weighted by Gasteiger charge is 2.10. The SMILES string of the molecule is C=C/C(C)=C\C=C(/C)N1CCCC1. The predicted molar refractivity (Wildman–Crippen MR) is 58.5 cm³/mol. The fourth-order valence-corrected chi connectivity index (χ4v) is 1.50. The standard InChI is InChI=1S/C12H19N/c1-4-11(2)7-8-12(3)13-9-5-6-10-13/h4,7-8H,1,5-6,9-10H2,2-3H3/b11-7-,12-8+. The first-order valence-electron chi connectivity index (χ1n) is 4.96. The van der Waals surface area contributed by atoms with Crippen LogP contribution >= 0.6 is 0 Å². The van der Waals surface area contributed by atoms with Crippen LogP contribution in [0, 0.1) is 0 Å². The summed E-state index contributed by atoms with van der Waals surface area (Å²) in [5.74, 6) is 0. The van der Waals surface area contributed by atoms with Crippen molar-refractivity contribution in [2.24, 2.45) is 0 Å². The van der Waals surface area contributed by atoms with Gasteiger partial charge in [-0.05, 0) is 32.8 Å². The van der Waals surface area contributed by atoms with E-state index in [1.54, 1.807) is 0 Å². The predicted octanol–water partition coefficient (Wildman–Crippen LogP) is 3.12. The molecular weight excluding hydrogens is 158 g/mol. The molecule has 1 rings (SSSR count). The minimum Gasteiger partial charge on any atom is -0.375 e. The van der Waals surface area contributed by atoms with Gasteiger partial charge in [0, 0.05) is 18.8 Å². The number of hydrogen-bond acceptors (Lipinski definition) is 1. The van der Waals surface area contributed by atoms with E-state index in [4.69, 9.17) is 0 Å². The van der Waals surface area contributed by atoms with Crippen LogP contribution in [0.4, 0.5) is 0 Å². The topological polar surface area (TPSA) is 3.24 Å². The zero-order chi connectivity index (χ0) is 9.68. The van der Waals surface area contributed by atoms with E-state index in [0.717, 1.165) is 0 Å². The molecule has 0 bridgehead atoms. The van der Waals surface area contributed by atoms with E-state index in [1.807, 2.05) is 6.08 Å². The molecule has 1 heteroatoms. The highest BCUT2D eigenvalue weighted by Crippen LogP contribution is 2.14. The van der Waals surface area contributed by atoms with E-state index in [9.17, 15) is 0 Å². The Morgan fingerprint density at radius 3 is 2.31 bits per heavy atom. The molecule has 0 unspecified atom stereocenters. The minimum absolute atomic E-state index is 1.22. The molecule has 0 atom stereocenters. The van der Waals surface area contributed by atoms with Gasteiger partial charge in [-0.3, -0.25) is 0 Å². The van der Waals surface area contributed by atoms with Crippen molar-refractivity contribution in [3.8, 4) is 0 Å². The van der Waals surface area contributed by atoms with Gasteiger partial charge >= 0.3 is 0 Å². The molecule has 0 amide bonds. The summed E-state index contributed by atoms with van der Waals surface area (Å²) in [4.78, 5) is 2.44. The Morgan fingerprint density at radius 1 is 1.15 bits per heavy atom. The van der Waals surface area contributed by atoms with Gasteiger partial charge in [-0.2, -0.15) is 0 Å². The lowest BCUT2D eigenvalue weighted by Gasteiger charge is -2.17. The first-order chi connectivity index (χ1) is 6.24. The van der Waals surface area contributed by atoms with E-state index < -0.39 is 0 Å². The summed E-state index contributed by atoms with van der Waals surface area (Å²) < 4.78 is 0. The molecule has 0 aliphatic carbocycles. The number of nitrogens with zero attached hydrogens (tertiary/aromatic N) is 1. The summed E-state index contributed by atoms with van der Waals surface area (Å²) in [6, 6.07) is 0. The normalized spacial score (nSPS) is 19.4. The van der Waals surface area contributed by atoms with Crippen molar-refractivity contribution < 1.29 is 0 Å². The highest BCUT2D eigenvalue weighted by atomic mass is 15.1. The second kappa shape index (κ2) is 4.90.